The monoisotopic (exact) mass is 275 g/mol. The van der Waals surface area contributed by atoms with Crippen LogP contribution in [0.15, 0.2) is 12.3 Å². The van der Waals surface area contributed by atoms with E-state index in [1.54, 1.807) is 0 Å². The largest absolute Gasteiger partial charge is 0.523 e. The fourth-order valence-electron chi connectivity index (χ4n) is 1.14. The van der Waals surface area contributed by atoms with Gasteiger partial charge in [-0.3, -0.25) is 4.90 Å². The Labute approximate surface area is 94.4 Å². The van der Waals surface area contributed by atoms with Crippen LogP contribution in [0.2, 0.25) is 0 Å². The van der Waals surface area contributed by atoms with E-state index in [4.69, 9.17) is 5.11 Å². The third-order valence-electron chi connectivity index (χ3n) is 1.90. The predicted octanol–water partition coefficient (Wildman–Crippen LogP) is 1.47. The van der Waals surface area contributed by atoms with E-state index in [1.165, 1.54) is 6.08 Å². The van der Waals surface area contributed by atoms with Crippen molar-refractivity contribution < 1.29 is 35.7 Å². The van der Waals surface area contributed by atoms with Crippen LogP contribution in [0.1, 0.15) is 12.8 Å². The Morgan fingerprint density at radius 1 is 1.47 bits per heavy atom. The zero-order valence-electron chi connectivity index (χ0n) is 8.22. The fraction of sp³-hybridized carbons (Fsp3) is 0.571. The molecule has 1 N–H and O–H groups in total. The van der Waals surface area contributed by atoms with Crippen LogP contribution in [0.25, 0.3) is 0 Å². The highest BCUT2D eigenvalue weighted by atomic mass is 32.2. The zero-order valence-corrected chi connectivity index (χ0v) is 9.03. The van der Waals surface area contributed by atoms with E-state index in [0.717, 1.165) is 6.20 Å². The summed E-state index contributed by atoms with van der Waals surface area (Å²) in [5, 5.41) is 8.63. The van der Waals surface area contributed by atoms with Crippen LogP contribution >= 0.6 is 0 Å². The predicted molar refractivity (Wildman–Crippen MR) is 48.1 cm³/mol. The Morgan fingerprint density at radius 2 is 2.06 bits per heavy atom. The van der Waals surface area contributed by atoms with E-state index in [1.807, 2.05) is 0 Å². The fourth-order valence-corrected chi connectivity index (χ4v) is 1.73. The van der Waals surface area contributed by atoms with E-state index >= 15 is 0 Å². The number of hydrogen-bond donors (Lipinski definition) is 1. The topological polar surface area (TPSA) is 83.9 Å². The number of alkyl halides is 3. The third kappa shape index (κ3) is 3.09. The molecule has 1 aliphatic rings. The van der Waals surface area contributed by atoms with Gasteiger partial charge in [-0.25, -0.2) is 8.98 Å². The molecule has 1 atom stereocenters. The standard InChI is InChI=1S/C7H8F3NO5S/c8-7(9,10)17(14,15)16-5-3-1-2-4-11(5)6(12)13/h2,4-5H,1,3H2,(H,12,13). The second-order valence-corrected chi connectivity index (χ2v) is 4.67. The summed E-state index contributed by atoms with van der Waals surface area (Å²) in [5.41, 5.74) is -5.57. The van der Waals surface area contributed by atoms with E-state index in [2.05, 4.69) is 4.18 Å². The number of hydrogen-bond acceptors (Lipinski definition) is 4. The van der Waals surface area contributed by atoms with Gasteiger partial charge in [0.15, 0.2) is 6.23 Å². The number of rotatable bonds is 2. The maximum absolute atomic E-state index is 12.0. The lowest BCUT2D eigenvalue weighted by Gasteiger charge is -2.28. The molecule has 0 bridgehead atoms. The number of allylic oxidation sites excluding steroid dienone is 1. The molecule has 1 amide bonds. The maximum atomic E-state index is 12.0. The summed E-state index contributed by atoms with van der Waals surface area (Å²) in [7, 11) is -5.80. The summed E-state index contributed by atoms with van der Waals surface area (Å²) in [4.78, 5) is 11.0. The molecule has 1 heterocycles. The second kappa shape index (κ2) is 4.53. The Bertz CT molecular complexity index is 429. The van der Waals surface area contributed by atoms with Gasteiger partial charge in [-0.05, 0) is 12.8 Å². The lowest BCUT2D eigenvalue weighted by Crippen LogP contribution is -2.42. The minimum Gasteiger partial charge on any atom is -0.465 e. The lowest BCUT2D eigenvalue weighted by molar-refractivity contribution is -0.0640. The van der Waals surface area contributed by atoms with E-state index in [-0.39, 0.29) is 12.8 Å². The smallest absolute Gasteiger partial charge is 0.465 e. The van der Waals surface area contributed by atoms with Crippen molar-refractivity contribution in [2.24, 2.45) is 0 Å². The summed E-state index contributed by atoms with van der Waals surface area (Å²) >= 11 is 0. The van der Waals surface area contributed by atoms with Crippen molar-refractivity contribution in [1.82, 2.24) is 4.90 Å². The molecule has 0 aromatic carbocycles. The van der Waals surface area contributed by atoms with Gasteiger partial charge < -0.3 is 5.11 Å². The average Bonchev–Trinajstić information content (AvgIpc) is 2.15. The van der Waals surface area contributed by atoms with Crippen molar-refractivity contribution in [2.75, 3.05) is 0 Å². The van der Waals surface area contributed by atoms with E-state index < -0.39 is 27.9 Å². The SMILES string of the molecule is O=C(O)N1C=CCCC1OS(=O)(=O)C(F)(F)F. The summed E-state index contributed by atoms with van der Waals surface area (Å²) in [6.45, 7) is 0. The Morgan fingerprint density at radius 3 is 2.53 bits per heavy atom. The first-order valence-electron chi connectivity index (χ1n) is 4.32. The molecule has 0 saturated heterocycles. The van der Waals surface area contributed by atoms with Gasteiger partial charge in [-0.2, -0.15) is 21.6 Å². The van der Waals surface area contributed by atoms with Gasteiger partial charge in [0.05, 0.1) is 0 Å². The molecule has 0 fully saturated rings. The molecule has 0 aromatic rings. The van der Waals surface area contributed by atoms with Gasteiger partial charge in [0, 0.05) is 6.20 Å². The van der Waals surface area contributed by atoms with Crippen molar-refractivity contribution in [3.63, 3.8) is 0 Å². The van der Waals surface area contributed by atoms with Gasteiger partial charge in [0.25, 0.3) is 0 Å². The lowest BCUT2D eigenvalue weighted by atomic mass is 10.2. The highest BCUT2D eigenvalue weighted by Gasteiger charge is 2.49. The van der Waals surface area contributed by atoms with Crippen LogP contribution in [-0.4, -0.2) is 36.3 Å². The number of carbonyl (C=O) groups is 1. The molecule has 17 heavy (non-hydrogen) atoms. The molecule has 0 saturated carbocycles. The molecule has 1 aliphatic heterocycles. The Balaban J connectivity index is 2.88. The van der Waals surface area contributed by atoms with Gasteiger partial charge in [0.1, 0.15) is 0 Å². The molecule has 1 unspecified atom stereocenters. The highest BCUT2D eigenvalue weighted by molar-refractivity contribution is 7.87. The van der Waals surface area contributed by atoms with Crippen LogP contribution < -0.4 is 0 Å². The molecule has 0 spiro atoms. The summed E-state index contributed by atoms with van der Waals surface area (Å²) in [6.07, 6.45) is -0.885. The number of amides is 1. The Kier molecular flexibility index (Phi) is 3.67. The van der Waals surface area contributed by atoms with Gasteiger partial charge in [-0.15, -0.1) is 0 Å². The first-order valence-corrected chi connectivity index (χ1v) is 5.73. The zero-order chi connectivity index (χ0) is 13.3. The van der Waals surface area contributed by atoms with Crippen LogP contribution in [0.3, 0.4) is 0 Å². The van der Waals surface area contributed by atoms with E-state index in [9.17, 15) is 26.4 Å². The first kappa shape index (κ1) is 13.8. The maximum Gasteiger partial charge on any atom is 0.523 e. The van der Waals surface area contributed by atoms with Crippen LogP contribution in [0, 0.1) is 0 Å². The van der Waals surface area contributed by atoms with Crippen LogP contribution in [0.5, 0.6) is 0 Å². The summed E-state index contributed by atoms with van der Waals surface area (Å²) in [6, 6.07) is 0. The van der Waals surface area contributed by atoms with Crippen molar-refractivity contribution in [2.45, 2.75) is 24.6 Å². The molecule has 6 nitrogen and oxygen atoms in total. The van der Waals surface area contributed by atoms with Crippen LogP contribution in [-0.2, 0) is 14.3 Å². The van der Waals surface area contributed by atoms with Gasteiger partial charge in [0.2, 0.25) is 0 Å². The van der Waals surface area contributed by atoms with Crippen molar-refractivity contribution >= 4 is 16.2 Å². The molecular weight excluding hydrogens is 267 g/mol. The minimum atomic E-state index is -5.80. The molecule has 1 rings (SSSR count). The summed E-state index contributed by atoms with van der Waals surface area (Å²) < 4.78 is 61.3. The van der Waals surface area contributed by atoms with Crippen molar-refractivity contribution in [1.29, 1.82) is 0 Å². The Hall–Kier alpha value is -1.29. The van der Waals surface area contributed by atoms with Crippen molar-refractivity contribution in [3.8, 4) is 0 Å². The molecule has 0 radical (unpaired) electrons. The molecule has 0 aliphatic carbocycles. The minimum absolute atomic E-state index is 0.169. The third-order valence-corrected chi connectivity index (χ3v) is 2.94. The number of carboxylic acid groups (broad SMARTS) is 1. The van der Waals surface area contributed by atoms with Crippen LogP contribution in [0.4, 0.5) is 18.0 Å². The quantitative estimate of drug-likeness (QED) is 0.609. The highest BCUT2D eigenvalue weighted by Crippen LogP contribution is 2.28. The van der Waals surface area contributed by atoms with Crippen molar-refractivity contribution in [3.05, 3.63) is 12.3 Å². The number of halogens is 3. The molecule has 98 valence electrons. The first-order chi connectivity index (χ1) is 7.65. The average molecular weight is 275 g/mol. The van der Waals surface area contributed by atoms with Gasteiger partial charge in [-0.1, -0.05) is 6.08 Å². The molecule has 0 aromatic heterocycles. The second-order valence-electron chi connectivity index (χ2n) is 3.10. The molecule has 10 heteroatoms. The normalized spacial score (nSPS) is 21.6. The number of nitrogens with zero attached hydrogens (tertiary/aromatic N) is 1. The van der Waals surface area contributed by atoms with E-state index in [0.29, 0.717) is 4.90 Å². The summed E-state index contributed by atoms with van der Waals surface area (Å²) in [5.74, 6) is 0. The van der Waals surface area contributed by atoms with Gasteiger partial charge >= 0.3 is 21.7 Å². The molecular formula is C7H8F3NO5S.